The van der Waals surface area contributed by atoms with E-state index in [9.17, 15) is 9.59 Å². The molecule has 3 amide bonds. The normalized spacial score (nSPS) is 16.5. The van der Waals surface area contributed by atoms with Crippen LogP contribution in [0.3, 0.4) is 0 Å². The molecular weight excluding hydrogens is 801 g/mol. The minimum absolute atomic E-state index is 0.0388. The largest absolute Gasteiger partial charge is 0.489 e. The standard InChI is InChI=1S/C53H56N6O5/c1-37-47(51(60)56(4)43-19-21-45(22-20-43)63-36-38-13-7-5-8-14-38)32-50(55(37)3)48-30-40-23-24-58(53(62)64-46-17-9-6-10-18-46)33-42(40)31-49(48)52(61)59-34-41-16-12-11-15-39(41)29-44(59)35-57-27-25-54(2)26-28-57/h5-22,30-32,44H,23-29,33-36H2,1-4H3/t44-/m0/s1. The van der Waals surface area contributed by atoms with Crippen molar-refractivity contribution in [2.75, 3.05) is 58.3 Å². The molecule has 0 saturated carbocycles. The Bertz CT molecular complexity index is 2640. The first-order valence-electron chi connectivity index (χ1n) is 22.3. The molecule has 0 spiro atoms. The topological polar surface area (TPSA) is 90.8 Å². The van der Waals surface area contributed by atoms with Crippen LogP contribution in [0.4, 0.5) is 10.5 Å². The molecule has 0 radical (unpaired) electrons. The molecule has 0 aliphatic carbocycles. The van der Waals surface area contributed by atoms with E-state index in [1.54, 1.807) is 29.0 Å². The zero-order valence-corrected chi connectivity index (χ0v) is 37.2. The van der Waals surface area contributed by atoms with Gasteiger partial charge < -0.3 is 33.6 Å². The average molecular weight is 857 g/mol. The molecule has 1 fully saturated rings. The summed E-state index contributed by atoms with van der Waals surface area (Å²) in [4.78, 5) is 53.7. The fourth-order valence-electron chi connectivity index (χ4n) is 9.26. The molecule has 5 aromatic carbocycles. The monoisotopic (exact) mass is 856 g/mol. The van der Waals surface area contributed by atoms with Gasteiger partial charge in [0.15, 0.2) is 0 Å². The van der Waals surface area contributed by atoms with Crippen molar-refractivity contribution in [3.63, 3.8) is 0 Å². The van der Waals surface area contributed by atoms with Crippen molar-refractivity contribution >= 4 is 23.6 Å². The number of anilines is 1. The smallest absolute Gasteiger partial charge is 0.415 e. The van der Waals surface area contributed by atoms with Gasteiger partial charge in [-0.1, -0.05) is 72.8 Å². The van der Waals surface area contributed by atoms with Gasteiger partial charge in [0, 0.05) is 101 Å². The summed E-state index contributed by atoms with van der Waals surface area (Å²) in [5.41, 5.74) is 9.67. The van der Waals surface area contributed by atoms with Gasteiger partial charge in [0.05, 0.1) is 5.56 Å². The molecule has 3 aliphatic heterocycles. The van der Waals surface area contributed by atoms with Gasteiger partial charge in [-0.05, 0) is 109 Å². The minimum Gasteiger partial charge on any atom is -0.489 e. The lowest BCUT2D eigenvalue weighted by molar-refractivity contribution is 0.0536. The first-order valence-corrected chi connectivity index (χ1v) is 22.3. The average Bonchev–Trinajstić information content (AvgIpc) is 3.63. The highest BCUT2D eigenvalue weighted by Gasteiger charge is 2.35. The molecule has 1 atom stereocenters. The molecule has 9 rings (SSSR count). The highest BCUT2D eigenvalue weighted by Crippen LogP contribution is 2.36. The number of hydrogen-bond acceptors (Lipinski definition) is 7. The summed E-state index contributed by atoms with van der Waals surface area (Å²) in [7, 11) is 5.90. The van der Waals surface area contributed by atoms with Crippen LogP contribution in [-0.4, -0.2) is 101 Å². The summed E-state index contributed by atoms with van der Waals surface area (Å²) in [5.74, 6) is 0.987. The van der Waals surface area contributed by atoms with Crippen molar-refractivity contribution in [1.82, 2.24) is 24.2 Å². The minimum atomic E-state index is -0.423. The Morgan fingerprint density at radius 1 is 0.688 bits per heavy atom. The lowest BCUT2D eigenvalue weighted by Gasteiger charge is -2.42. The van der Waals surface area contributed by atoms with Crippen molar-refractivity contribution in [2.24, 2.45) is 7.05 Å². The molecule has 0 bridgehead atoms. The van der Waals surface area contributed by atoms with E-state index in [-0.39, 0.29) is 17.9 Å². The van der Waals surface area contributed by atoms with E-state index in [0.29, 0.717) is 49.5 Å². The van der Waals surface area contributed by atoms with Crippen LogP contribution in [0.15, 0.2) is 127 Å². The summed E-state index contributed by atoms with van der Waals surface area (Å²) in [6.07, 6.45) is 0.933. The highest BCUT2D eigenvalue weighted by molar-refractivity contribution is 6.08. The van der Waals surface area contributed by atoms with Crippen molar-refractivity contribution in [1.29, 1.82) is 0 Å². The second kappa shape index (κ2) is 18.6. The van der Waals surface area contributed by atoms with Gasteiger partial charge in [-0.25, -0.2) is 4.79 Å². The number of carbonyl (C=O) groups excluding carboxylic acids is 3. The molecule has 0 N–H and O–H groups in total. The third kappa shape index (κ3) is 9.04. The van der Waals surface area contributed by atoms with Crippen LogP contribution in [0.5, 0.6) is 11.5 Å². The van der Waals surface area contributed by atoms with Crippen LogP contribution in [0.2, 0.25) is 0 Å². The predicted molar refractivity (Wildman–Crippen MR) is 250 cm³/mol. The number of para-hydroxylation sites is 1. The van der Waals surface area contributed by atoms with E-state index in [1.807, 2.05) is 110 Å². The number of hydrogen-bond donors (Lipinski definition) is 0. The van der Waals surface area contributed by atoms with Crippen LogP contribution >= 0.6 is 0 Å². The molecule has 1 saturated heterocycles. The fourth-order valence-corrected chi connectivity index (χ4v) is 9.26. The van der Waals surface area contributed by atoms with Gasteiger partial charge in [0.2, 0.25) is 0 Å². The molecule has 3 aliphatic rings. The Labute approximate surface area is 376 Å². The third-order valence-electron chi connectivity index (χ3n) is 13.3. The zero-order valence-electron chi connectivity index (χ0n) is 37.2. The van der Waals surface area contributed by atoms with Crippen molar-refractivity contribution in [3.05, 3.63) is 172 Å². The van der Waals surface area contributed by atoms with E-state index in [0.717, 1.165) is 89.8 Å². The Kier molecular flexibility index (Phi) is 12.4. The van der Waals surface area contributed by atoms with Crippen molar-refractivity contribution in [2.45, 2.75) is 45.5 Å². The number of fused-ring (bicyclic) bond motifs is 2. The highest BCUT2D eigenvalue weighted by atomic mass is 16.6. The van der Waals surface area contributed by atoms with E-state index in [2.05, 4.69) is 46.0 Å². The van der Waals surface area contributed by atoms with Crippen molar-refractivity contribution in [3.8, 4) is 22.8 Å². The number of benzene rings is 5. The Balaban J connectivity index is 1.05. The number of likely N-dealkylation sites (N-methyl/N-ethyl adjacent to an activating group) is 1. The molecule has 4 heterocycles. The third-order valence-corrected chi connectivity index (χ3v) is 13.3. The van der Waals surface area contributed by atoms with Crippen LogP contribution in [-0.2, 0) is 39.6 Å². The number of carbonyl (C=O) groups is 3. The molecule has 0 unspecified atom stereocenters. The SMILES string of the molecule is Cc1c(C(=O)N(C)c2ccc(OCc3ccccc3)cc2)cc(-c2cc3c(cc2C(=O)N2Cc4ccccc4C[C@H]2CN2CCN(C)CC2)CN(C(=O)Oc2ccccc2)CC3)n1C. The quantitative estimate of drug-likeness (QED) is 0.137. The number of ether oxygens (including phenoxy) is 2. The first kappa shape index (κ1) is 42.6. The van der Waals surface area contributed by atoms with Gasteiger partial charge >= 0.3 is 6.09 Å². The number of piperazine rings is 1. The first-order chi connectivity index (χ1) is 31.1. The van der Waals surface area contributed by atoms with E-state index < -0.39 is 6.09 Å². The molecular formula is C53H56N6O5. The van der Waals surface area contributed by atoms with Crippen LogP contribution in [0.25, 0.3) is 11.3 Å². The molecule has 11 nitrogen and oxygen atoms in total. The Morgan fingerprint density at radius 2 is 1.38 bits per heavy atom. The lowest BCUT2D eigenvalue weighted by atomic mass is 9.89. The summed E-state index contributed by atoms with van der Waals surface area (Å²) in [6, 6.07) is 41.1. The summed E-state index contributed by atoms with van der Waals surface area (Å²) in [5, 5.41) is 0. The maximum Gasteiger partial charge on any atom is 0.415 e. The number of rotatable bonds is 10. The van der Waals surface area contributed by atoms with E-state index in [4.69, 9.17) is 9.47 Å². The maximum atomic E-state index is 15.5. The Morgan fingerprint density at radius 3 is 2.11 bits per heavy atom. The second-order valence-corrected chi connectivity index (χ2v) is 17.4. The van der Waals surface area contributed by atoms with E-state index >= 15 is 4.79 Å². The van der Waals surface area contributed by atoms with Gasteiger partial charge in [0.25, 0.3) is 11.8 Å². The number of amides is 3. The summed E-state index contributed by atoms with van der Waals surface area (Å²) in [6.45, 7) is 8.36. The lowest BCUT2D eigenvalue weighted by Crippen LogP contribution is -2.53. The van der Waals surface area contributed by atoms with Crippen LogP contribution < -0.4 is 14.4 Å². The fraction of sp³-hybridized carbons (Fsp3) is 0.302. The molecule has 328 valence electrons. The van der Waals surface area contributed by atoms with Gasteiger partial charge in [-0.2, -0.15) is 0 Å². The van der Waals surface area contributed by atoms with Gasteiger partial charge in [-0.15, -0.1) is 0 Å². The second-order valence-electron chi connectivity index (χ2n) is 17.4. The van der Waals surface area contributed by atoms with Gasteiger partial charge in [-0.3, -0.25) is 14.5 Å². The zero-order chi connectivity index (χ0) is 44.3. The summed E-state index contributed by atoms with van der Waals surface area (Å²) >= 11 is 0. The van der Waals surface area contributed by atoms with Crippen molar-refractivity contribution < 1.29 is 23.9 Å². The molecule has 6 aromatic rings. The Hall–Kier alpha value is -6.69. The maximum absolute atomic E-state index is 15.5. The molecule has 1 aromatic heterocycles. The van der Waals surface area contributed by atoms with Crippen LogP contribution in [0.1, 0.15) is 54.2 Å². The predicted octanol–water partition coefficient (Wildman–Crippen LogP) is 8.23. The molecule has 11 heteroatoms. The van der Waals surface area contributed by atoms with E-state index in [1.165, 1.54) is 5.56 Å². The number of aromatic nitrogens is 1. The number of nitrogens with zero attached hydrogens (tertiary/aromatic N) is 6. The summed E-state index contributed by atoms with van der Waals surface area (Å²) < 4.78 is 13.8. The van der Waals surface area contributed by atoms with Gasteiger partial charge in [0.1, 0.15) is 18.1 Å². The van der Waals surface area contributed by atoms with Crippen LogP contribution in [0, 0.1) is 6.92 Å². The molecule has 64 heavy (non-hydrogen) atoms.